The molecule has 0 aliphatic carbocycles. The Kier molecular flexibility index (Phi) is 5.87. The molecule has 0 fully saturated rings. The van der Waals surface area contributed by atoms with Crippen LogP contribution < -0.4 is 10.1 Å². The molecular weight excluding hydrogens is 371 g/mol. The predicted molar refractivity (Wildman–Crippen MR) is 99.8 cm³/mol. The molecular formula is C19H17FN2O4S. The van der Waals surface area contributed by atoms with Gasteiger partial charge in [-0.15, -0.1) is 11.3 Å². The highest BCUT2D eigenvalue weighted by atomic mass is 32.1. The minimum atomic E-state index is -0.443. The molecule has 0 aliphatic heterocycles. The van der Waals surface area contributed by atoms with Crippen LogP contribution in [0.1, 0.15) is 20.2 Å². The first-order valence-corrected chi connectivity index (χ1v) is 8.94. The summed E-state index contributed by atoms with van der Waals surface area (Å²) in [6.07, 6.45) is 1.41. The zero-order valence-electron chi connectivity index (χ0n) is 14.5. The Hall–Kier alpha value is -3.13. The third-order valence-electron chi connectivity index (χ3n) is 3.67. The number of hydrogen-bond donors (Lipinski definition) is 1. The number of nitrogens with zero attached hydrogens (tertiary/aromatic N) is 1. The van der Waals surface area contributed by atoms with Crippen molar-refractivity contribution in [2.24, 2.45) is 0 Å². The highest BCUT2D eigenvalue weighted by Gasteiger charge is 2.16. The van der Waals surface area contributed by atoms with Crippen LogP contribution in [0.15, 0.2) is 59.2 Å². The lowest BCUT2D eigenvalue weighted by molar-refractivity contribution is 0.0777. The molecule has 0 aliphatic rings. The monoisotopic (exact) mass is 388 g/mol. The van der Waals surface area contributed by atoms with E-state index in [-0.39, 0.29) is 29.9 Å². The highest BCUT2D eigenvalue weighted by molar-refractivity contribution is 7.18. The normalized spacial score (nSPS) is 10.4. The number of thiophene rings is 1. The second-order valence-corrected chi connectivity index (χ2v) is 6.68. The lowest BCUT2D eigenvalue weighted by Gasteiger charge is -2.16. The maximum atomic E-state index is 13.5. The van der Waals surface area contributed by atoms with Crippen molar-refractivity contribution in [3.8, 4) is 5.75 Å². The van der Waals surface area contributed by atoms with Gasteiger partial charge in [-0.2, -0.15) is 0 Å². The number of furan rings is 1. The van der Waals surface area contributed by atoms with Gasteiger partial charge in [-0.3, -0.25) is 9.59 Å². The van der Waals surface area contributed by atoms with E-state index in [4.69, 9.17) is 9.15 Å². The summed E-state index contributed by atoms with van der Waals surface area (Å²) in [5, 5.41) is 3.22. The van der Waals surface area contributed by atoms with Crippen LogP contribution >= 0.6 is 11.3 Å². The lowest BCUT2D eigenvalue weighted by atomic mass is 10.3. The molecule has 6 nitrogen and oxygen atoms in total. The van der Waals surface area contributed by atoms with Crippen LogP contribution in [-0.4, -0.2) is 36.9 Å². The zero-order valence-corrected chi connectivity index (χ0v) is 15.3. The number of para-hydroxylation sites is 1. The van der Waals surface area contributed by atoms with E-state index < -0.39 is 5.82 Å². The van der Waals surface area contributed by atoms with Crippen LogP contribution in [0.2, 0.25) is 0 Å². The number of amides is 2. The summed E-state index contributed by atoms with van der Waals surface area (Å²) in [5.74, 6) is -0.694. The van der Waals surface area contributed by atoms with Crippen LogP contribution in [0, 0.1) is 5.82 Å². The average Bonchev–Trinajstić information content (AvgIpc) is 3.34. The number of carbonyl (C=O) groups excluding carboxylic acids is 2. The molecule has 2 aromatic heterocycles. The molecule has 0 saturated heterocycles. The molecule has 3 rings (SSSR count). The average molecular weight is 388 g/mol. The van der Waals surface area contributed by atoms with E-state index >= 15 is 0 Å². The predicted octanol–water partition coefficient (Wildman–Crippen LogP) is 3.88. The van der Waals surface area contributed by atoms with E-state index in [0.717, 1.165) is 11.3 Å². The number of nitrogens with one attached hydrogen (secondary N) is 1. The fourth-order valence-electron chi connectivity index (χ4n) is 2.25. The maximum Gasteiger partial charge on any atom is 0.291 e. The fourth-order valence-corrected chi connectivity index (χ4v) is 3.14. The number of halogens is 1. The second-order valence-electron chi connectivity index (χ2n) is 5.60. The van der Waals surface area contributed by atoms with Gasteiger partial charge in [0.1, 0.15) is 6.61 Å². The van der Waals surface area contributed by atoms with E-state index in [1.54, 1.807) is 43.4 Å². The largest absolute Gasteiger partial charge is 0.489 e. The Labute approximate surface area is 159 Å². The summed E-state index contributed by atoms with van der Waals surface area (Å²) in [5.41, 5.74) is 0. The molecule has 2 heterocycles. The smallest absolute Gasteiger partial charge is 0.291 e. The second kappa shape index (κ2) is 8.50. The van der Waals surface area contributed by atoms with Crippen molar-refractivity contribution in [1.82, 2.24) is 4.90 Å². The molecule has 0 saturated carbocycles. The Balaban J connectivity index is 1.52. The number of carbonyl (C=O) groups is 2. The zero-order chi connectivity index (χ0) is 19.2. The molecule has 27 heavy (non-hydrogen) atoms. The molecule has 1 N–H and O–H groups in total. The Bertz CT molecular complexity index is 923. The van der Waals surface area contributed by atoms with Crippen molar-refractivity contribution < 1.29 is 23.1 Å². The Morgan fingerprint density at radius 3 is 2.74 bits per heavy atom. The van der Waals surface area contributed by atoms with E-state index in [9.17, 15) is 14.0 Å². The van der Waals surface area contributed by atoms with Gasteiger partial charge in [-0.1, -0.05) is 12.1 Å². The van der Waals surface area contributed by atoms with Crippen LogP contribution in [0.4, 0.5) is 9.39 Å². The molecule has 2 amide bonds. The summed E-state index contributed by atoms with van der Waals surface area (Å²) in [7, 11) is 1.63. The quantitative estimate of drug-likeness (QED) is 0.667. The Morgan fingerprint density at radius 2 is 2.00 bits per heavy atom. The van der Waals surface area contributed by atoms with Crippen LogP contribution in [0.25, 0.3) is 0 Å². The van der Waals surface area contributed by atoms with E-state index in [0.29, 0.717) is 16.4 Å². The van der Waals surface area contributed by atoms with Gasteiger partial charge in [0.05, 0.1) is 22.7 Å². The fraction of sp³-hybridized carbons (Fsp3) is 0.158. The van der Waals surface area contributed by atoms with Crippen molar-refractivity contribution in [1.29, 1.82) is 0 Å². The third kappa shape index (κ3) is 4.73. The van der Waals surface area contributed by atoms with Crippen LogP contribution in [-0.2, 0) is 0 Å². The molecule has 8 heteroatoms. The maximum absolute atomic E-state index is 13.5. The third-order valence-corrected chi connectivity index (χ3v) is 4.65. The van der Waals surface area contributed by atoms with Crippen LogP contribution in [0.5, 0.6) is 5.75 Å². The number of anilines is 1. The van der Waals surface area contributed by atoms with Gasteiger partial charge >= 0.3 is 0 Å². The number of ether oxygens (including phenoxy) is 1. The number of hydrogen-bond acceptors (Lipinski definition) is 5. The SMILES string of the molecule is CN(CCOc1ccccc1F)C(=O)c1ccc(NC(=O)c2ccco2)s1. The first-order chi connectivity index (χ1) is 13.0. The van der Waals surface area contributed by atoms with Gasteiger partial charge in [0, 0.05) is 7.05 Å². The van der Waals surface area contributed by atoms with E-state index in [2.05, 4.69) is 5.32 Å². The topological polar surface area (TPSA) is 71.8 Å². The van der Waals surface area contributed by atoms with Crippen molar-refractivity contribution in [2.75, 3.05) is 25.5 Å². The first kappa shape index (κ1) is 18.7. The summed E-state index contributed by atoms with van der Waals surface area (Å²) < 4.78 is 23.9. The molecule has 1 aromatic carbocycles. The number of rotatable bonds is 7. The summed E-state index contributed by atoms with van der Waals surface area (Å²) in [4.78, 5) is 26.4. The van der Waals surface area contributed by atoms with E-state index in [1.165, 1.54) is 23.3 Å². The number of benzene rings is 1. The lowest BCUT2D eigenvalue weighted by Crippen LogP contribution is -2.30. The summed E-state index contributed by atoms with van der Waals surface area (Å²) in [6.45, 7) is 0.454. The van der Waals surface area contributed by atoms with Gasteiger partial charge in [0.2, 0.25) is 0 Å². The molecule has 140 valence electrons. The van der Waals surface area contributed by atoms with Gasteiger partial charge < -0.3 is 19.4 Å². The minimum Gasteiger partial charge on any atom is -0.489 e. The van der Waals surface area contributed by atoms with Gasteiger partial charge in [-0.05, 0) is 36.4 Å². The van der Waals surface area contributed by atoms with Crippen molar-refractivity contribution in [3.63, 3.8) is 0 Å². The van der Waals surface area contributed by atoms with Crippen molar-refractivity contribution >= 4 is 28.2 Å². The standard InChI is InChI=1S/C19H17FN2O4S/c1-22(10-12-26-14-6-3-2-5-13(14)20)19(24)16-8-9-17(27-16)21-18(23)15-7-4-11-25-15/h2-9,11H,10,12H2,1H3,(H,21,23). The van der Waals surface area contributed by atoms with E-state index in [1.807, 2.05) is 0 Å². The number of likely N-dealkylation sites (N-methyl/N-ethyl adjacent to an activating group) is 1. The minimum absolute atomic E-state index is 0.150. The molecule has 0 bridgehead atoms. The summed E-state index contributed by atoms with van der Waals surface area (Å²) in [6, 6.07) is 12.6. The van der Waals surface area contributed by atoms with Crippen molar-refractivity contribution in [3.05, 3.63) is 71.2 Å². The first-order valence-electron chi connectivity index (χ1n) is 8.12. The molecule has 3 aromatic rings. The summed E-state index contributed by atoms with van der Waals surface area (Å²) >= 11 is 1.16. The Morgan fingerprint density at radius 1 is 1.19 bits per heavy atom. The van der Waals surface area contributed by atoms with Crippen molar-refractivity contribution in [2.45, 2.75) is 0 Å². The molecule has 0 atom stereocenters. The highest BCUT2D eigenvalue weighted by Crippen LogP contribution is 2.24. The van der Waals surface area contributed by atoms with Crippen LogP contribution in [0.3, 0.4) is 0 Å². The van der Waals surface area contributed by atoms with Gasteiger partial charge in [-0.25, -0.2) is 4.39 Å². The molecule has 0 spiro atoms. The molecule has 0 unspecified atom stereocenters. The van der Waals surface area contributed by atoms with Gasteiger partial charge in [0.15, 0.2) is 17.3 Å². The van der Waals surface area contributed by atoms with Gasteiger partial charge in [0.25, 0.3) is 11.8 Å². The molecule has 0 radical (unpaired) electrons.